The third-order valence-electron chi connectivity index (χ3n) is 12.3. The van der Waals surface area contributed by atoms with Gasteiger partial charge in [-0.2, -0.15) is 0 Å². The van der Waals surface area contributed by atoms with Gasteiger partial charge in [0.05, 0.1) is 5.52 Å². The number of nitrogens with zero attached hydrogens (tertiary/aromatic N) is 2. The number of benzene rings is 7. The number of barbiturate groups is 1. The van der Waals surface area contributed by atoms with Crippen LogP contribution in [0.1, 0.15) is 35.1 Å². The molecule has 1 atom stereocenters. The van der Waals surface area contributed by atoms with Gasteiger partial charge in [0, 0.05) is 92.1 Å². The first-order valence-electron chi connectivity index (χ1n) is 21.1. The fourth-order valence-corrected chi connectivity index (χ4v) is 10.2. The summed E-state index contributed by atoms with van der Waals surface area (Å²) >= 11 is 20.2. The quantitative estimate of drug-likeness (QED) is 0.148. The minimum atomic E-state index is -1.09. The zero-order valence-electron chi connectivity index (χ0n) is 35.9. The van der Waals surface area contributed by atoms with Gasteiger partial charge in [0.1, 0.15) is 5.92 Å². The number of halogens is 3. The number of nitrogens with one attached hydrogen (secondary N) is 2. The standard InChI is InChI=1S/C31H19Cl2N.C21H18ClN3O3.C2H4O2/c32-24-14-6-3-11-20(24)28-23-17-18-9-1-2-10-19(18)27(23)29(21-12-4-7-15-25(21)33)31-30(28)22-13-5-8-16-26(22)34-31;1-24-19(26)18(20(27)25(2)21(24)28)17(13-8-3-5-9-15(13)22)14-11-23-16-10-6-4-7-12(14)16;1-2(3)4/h1-16,34H,17H2;3-11,17-18,23H,1-2H3;1H3,(H,3,4). The predicted molar refractivity (Wildman–Crippen MR) is 264 cm³/mol. The number of imide groups is 2. The number of fused-ring (bicyclic) bond motifs is 7. The Morgan fingerprint density at radius 3 is 1.73 bits per heavy atom. The number of carbonyl (C=O) groups is 4. The van der Waals surface area contributed by atoms with Crippen LogP contribution in [0.3, 0.4) is 0 Å². The molecule has 0 saturated carbocycles. The van der Waals surface area contributed by atoms with Crippen molar-refractivity contribution in [2.45, 2.75) is 19.3 Å². The van der Waals surface area contributed by atoms with Crippen molar-refractivity contribution in [2.75, 3.05) is 14.1 Å². The van der Waals surface area contributed by atoms with Crippen molar-refractivity contribution in [3.05, 3.63) is 189 Å². The molecule has 12 heteroatoms. The third-order valence-corrected chi connectivity index (χ3v) is 13.3. The molecule has 1 aliphatic heterocycles. The first-order chi connectivity index (χ1) is 31.9. The number of carbonyl (C=O) groups excluding carboxylic acids is 3. The highest BCUT2D eigenvalue weighted by Crippen LogP contribution is 2.54. The van der Waals surface area contributed by atoms with Crippen LogP contribution in [-0.2, 0) is 20.8 Å². The van der Waals surface area contributed by atoms with Gasteiger partial charge in [0.2, 0.25) is 11.8 Å². The van der Waals surface area contributed by atoms with Crippen LogP contribution in [0.25, 0.3) is 66.1 Å². The maximum atomic E-state index is 13.1. The average molecular weight is 932 g/mol. The number of hydrogen-bond acceptors (Lipinski definition) is 4. The largest absolute Gasteiger partial charge is 0.481 e. The lowest BCUT2D eigenvalue weighted by Gasteiger charge is -2.37. The van der Waals surface area contributed by atoms with Gasteiger partial charge >= 0.3 is 6.03 Å². The van der Waals surface area contributed by atoms with E-state index in [2.05, 4.69) is 82.8 Å². The van der Waals surface area contributed by atoms with Crippen molar-refractivity contribution in [1.82, 2.24) is 19.8 Å². The van der Waals surface area contributed by atoms with Crippen LogP contribution in [0.5, 0.6) is 0 Å². The number of para-hydroxylation sites is 2. The normalized spacial score (nSPS) is 13.9. The van der Waals surface area contributed by atoms with Crippen LogP contribution in [0.2, 0.25) is 15.1 Å². The zero-order valence-corrected chi connectivity index (χ0v) is 38.2. The Bertz CT molecular complexity index is 3380. The number of aromatic nitrogens is 2. The number of carboxylic acids is 1. The molecule has 66 heavy (non-hydrogen) atoms. The zero-order chi connectivity index (χ0) is 46.4. The van der Waals surface area contributed by atoms with Crippen LogP contribution in [0.15, 0.2) is 152 Å². The van der Waals surface area contributed by atoms with Crippen molar-refractivity contribution in [3.63, 3.8) is 0 Å². The molecule has 1 fully saturated rings. The summed E-state index contributed by atoms with van der Waals surface area (Å²) in [6, 6.07) is 47.7. The number of urea groups is 1. The molecule has 1 unspecified atom stereocenters. The molecule has 0 bridgehead atoms. The minimum Gasteiger partial charge on any atom is -0.481 e. The van der Waals surface area contributed by atoms with E-state index in [1.807, 2.05) is 60.7 Å². The monoisotopic (exact) mass is 930 g/mol. The molecule has 4 amide bonds. The molecular formula is C54H41Cl3N4O5. The number of hydrogen-bond donors (Lipinski definition) is 3. The predicted octanol–water partition coefficient (Wildman–Crippen LogP) is 13.2. The van der Waals surface area contributed by atoms with E-state index in [0.29, 0.717) is 10.6 Å². The molecule has 3 N–H and O–H groups in total. The second-order valence-electron chi connectivity index (χ2n) is 16.2. The van der Waals surface area contributed by atoms with Gasteiger partial charge in [0.15, 0.2) is 0 Å². The van der Waals surface area contributed by atoms with E-state index in [1.165, 1.54) is 52.7 Å². The molecule has 11 rings (SSSR count). The fourth-order valence-electron chi connectivity index (χ4n) is 9.44. The third kappa shape index (κ3) is 7.68. The Kier molecular flexibility index (Phi) is 12.0. The smallest absolute Gasteiger partial charge is 0.332 e. The molecule has 328 valence electrons. The molecule has 9 nitrogen and oxygen atoms in total. The lowest BCUT2D eigenvalue weighted by atomic mass is 9.78. The van der Waals surface area contributed by atoms with E-state index in [9.17, 15) is 14.4 Å². The maximum Gasteiger partial charge on any atom is 0.332 e. The Labute approximate surface area is 395 Å². The van der Waals surface area contributed by atoms with E-state index in [4.69, 9.17) is 44.7 Å². The van der Waals surface area contributed by atoms with Gasteiger partial charge in [-0.05, 0) is 75.7 Å². The number of rotatable bonds is 5. The second kappa shape index (κ2) is 18.0. The minimum absolute atomic E-state index is 0.459. The Hall–Kier alpha value is -7.17. The van der Waals surface area contributed by atoms with Crippen molar-refractivity contribution in [3.8, 4) is 33.4 Å². The highest BCUT2D eigenvalue weighted by Gasteiger charge is 2.48. The number of H-pyrrole nitrogens is 2. The molecule has 9 aromatic rings. The van der Waals surface area contributed by atoms with Crippen molar-refractivity contribution < 1.29 is 24.3 Å². The van der Waals surface area contributed by atoms with Crippen LogP contribution in [0.4, 0.5) is 4.79 Å². The molecule has 7 aromatic carbocycles. The Morgan fingerprint density at radius 2 is 1.11 bits per heavy atom. The Balaban J connectivity index is 0.000000156. The molecule has 1 saturated heterocycles. The van der Waals surface area contributed by atoms with Gasteiger partial charge in [-0.15, -0.1) is 0 Å². The highest BCUT2D eigenvalue weighted by atomic mass is 35.5. The van der Waals surface area contributed by atoms with E-state index < -0.39 is 35.7 Å². The number of aromatic amines is 2. The summed E-state index contributed by atoms with van der Waals surface area (Å²) in [6.07, 6.45) is 2.66. The van der Waals surface area contributed by atoms with Crippen molar-refractivity contribution in [2.24, 2.45) is 5.92 Å². The summed E-state index contributed by atoms with van der Waals surface area (Å²) < 4.78 is 0. The molecular weight excluding hydrogens is 891 g/mol. The van der Waals surface area contributed by atoms with Gasteiger partial charge in [-0.3, -0.25) is 24.2 Å². The molecule has 0 spiro atoms. The van der Waals surface area contributed by atoms with Gasteiger partial charge in [0.25, 0.3) is 5.97 Å². The fraction of sp³-hybridized carbons (Fsp3) is 0.111. The summed E-state index contributed by atoms with van der Waals surface area (Å²) in [5.74, 6) is -3.64. The summed E-state index contributed by atoms with van der Waals surface area (Å²) in [4.78, 5) is 56.2. The van der Waals surface area contributed by atoms with E-state index >= 15 is 0 Å². The highest BCUT2D eigenvalue weighted by molar-refractivity contribution is 6.36. The van der Waals surface area contributed by atoms with E-state index in [1.54, 1.807) is 18.3 Å². The molecule has 2 aromatic heterocycles. The second-order valence-corrected chi connectivity index (χ2v) is 17.4. The first kappa shape index (κ1) is 44.1. The summed E-state index contributed by atoms with van der Waals surface area (Å²) in [5.41, 5.74) is 14.2. The molecule has 0 radical (unpaired) electrons. The lowest BCUT2D eigenvalue weighted by Crippen LogP contribution is -2.58. The molecule has 2 aliphatic rings. The Morgan fingerprint density at radius 1 is 0.606 bits per heavy atom. The van der Waals surface area contributed by atoms with Crippen molar-refractivity contribution in [1.29, 1.82) is 0 Å². The SMILES string of the molecule is CC(=O)O.CN1C(=O)C(C(c2ccccc2Cl)c2c[nH]c3ccccc23)C(=O)N(C)C1=O.Clc1ccccc1-c1c2c(c(-c3ccccc3Cl)c3c1[nH]c1ccccc13)Cc1ccccc1-2. The van der Waals surface area contributed by atoms with Gasteiger partial charge in [-0.25, -0.2) is 4.79 Å². The van der Waals surface area contributed by atoms with E-state index in [0.717, 1.165) is 77.4 Å². The number of aliphatic carboxylic acids is 1. The van der Waals surface area contributed by atoms with Gasteiger partial charge < -0.3 is 15.1 Å². The lowest BCUT2D eigenvalue weighted by molar-refractivity contribution is -0.148. The summed E-state index contributed by atoms with van der Waals surface area (Å²) in [5, 5.41) is 12.7. The first-order valence-corrected chi connectivity index (χ1v) is 22.3. The maximum absolute atomic E-state index is 13.1. The molecule has 1 aliphatic carbocycles. The average Bonchev–Trinajstić information content (AvgIpc) is 4.04. The van der Waals surface area contributed by atoms with Gasteiger partial charge in [-0.1, -0.05) is 150 Å². The summed E-state index contributed by atoms with van der Waals surface area (Å²) in [6.45, 7) is 1.08. The molecule has 3 heterocycles. The van der Waals surface area contributed by atoms with Crippen molar-refractivity contribution >= 4 is 91.3 Å². The summed E-state index contributed by atoms with van der Waals surface area (Å²) in [7, 11) is 2.78. The van der Waals surface area contributed by atoms with Crippen LogP contribution in [0, 0.1) is 5.92 Å². The topological polar surface area (TPSA) is 127 Å². The van der Waals surface area contributed by atoms with E-state index in [-0.39, 0.29) is 0 Å². The van der Waals surface area contributed by atoms with Crippen LogP contribution >= 0.6 is 34.8 Å². The number of carboxylic acid groups (broad SMARTS) is 1. The van der Waals surface area contributed by atoms with Crippen LogP contribution < -0.4 is 0 Å². The number of amides is 4. The van der Waals surface area contributed by atoms with Crippen LogP contribution in [-0.4, -0.2) is 62.8 Å².